The lowest BCUT2D eigenvalue weighted by Crippen LogP contribution is -2.44. The third kappa shape index (κ3) is 1.98. The molecule has 0 heterocycles. The second-order valence-electron chi connectivity index (χ2n) is 6.13. The van der Waals surface area contributed by atoms with Gasteiger partial charge in [-0.15, -0.1) is 0 Å². The topological polar surface area (TPSA) is 44.0 Å². The molecule has 3 unspecified atom stereocenters. The highest BCUT2D eigenvalue weighted by Gasteiger charge is 2.53. The Morgan fingerprint density at radius 1 is 1.38 bits per heavy atom. The lowest BCUT2D eigenvalue weighted by molar-refractivity contribution is -0.0494. The molecule has 3 atom stereocenters. The van der Waals surface area contributed by atoms with E-state index in [0.29, 0.717) is 11.8 Å². The minimum absolute atomic E-state index is 0.462. The van der Waals surface area contributed by atoms with Gasteiger partial charge in [-0.1, -0.05) is 26.2 Å². The fraction of sp³-hybridized carbons (Fsp3) is 0.929. The van der Waals surface area contributed by atoms with Gasteiger partial charge in [-0.05, 0) is 44.4 Å². The van der Waals surface area contributed by atoms with Gasteiger partial charge >= 0.3 is 0 Å². The van der Waals surface area contributed by atoms with Gasteiger partial charge in [0, 0.05) is 0 Å². The van der Waals surface area contributed by atoms with Crippen molar-refractivity contribution in [1.29, 1.82) is 5.26 Å². The van der Waals surface area contributed by atoms with Crippen LogP contribution >= 0.6 is 0 Å². The van der Waals surface area contributed by atoms with Crippen molar-refractivity contribution in [3.8, 4) is 6.07 Å². The average Bonchev–Trinajstić information content (AvgIpc) is 2.94. The SMILES string of the molecule is CCC1CCC(C#N)(C(C)(O)CC2CC2)C1. The van der Waals surface area contributed by atoms with Crippen LogP contribution in [0.1, 0.15) is 58.8 Å². The van der Waals surface area contributed by atoms with Crippen LogP contribution in [-0.4, -0.2) is 10.7 Å². The third-order valence-corrected chi connectivity index (χ3v) is 4.82. The Labute approximate surface area is 98.7 Å². The normalized spacial score (nSPS) is 38.0. The average molecular weight is 221 g/mol. The molecule has 0 bridgehead atoms. The molecule has 2 fully saturated rings. The van der Waals surface area contributed by atoms with Gasteiger partial charge in [-0.3, -0.25) is 0 Å². The zero-order valence-electron chi connectivity index (χ0n) is 10.5. The smallest absolute Gasteiger partial charge is 0.0860 e. The summed E-state index contributed by atoms with van der Waals surface area (Å²) in [4.78, 5) is 0. The van der Waals surface area contributed by atoms with Gasteiger partial charge in [0.1, 0.15) is 0 Å². The van der Waals surface area contributed by atoms with Gasteiger partial charge in [-0.25, -0.2) is 0 Å². The fourth-order valence-corrected chi connectivity index (χ4v) is 3.29. The minimum atomic E-state index is -0.771. The molecule has 0 amide bonds. The molecule has 0 aromatic rings. The molecule has 0 saturated heterocycles. The van der Waals surface area contributed by atoms with Crippen molar-refractivity contribution < 1.29 is 5.11 Å². The first-order valence-electron chi connectivity index (χ1n) is 6.66. The molecule has 1 N–H and O–H groups in total. The van der Waals surface area contributed by atoms with Crippen LogP contribution in [0.3, 0.4) is 0 Å². The molecule has 2 rings (SSSR count). The van der Waals surface area contributed by atoms with Crippen molar-refractivity contribution in [2.75, 3.05) is 0 Å². The van der Waals surface area contributed by atoms with Crippen molar-refractivity contribution in [2.24, 2.45) is 17.3 Å². The Balaban J connectivity index is 2.11. The maximum atomic E-state index is 10.7. The van der Waals surface area contributed by atoms with Crippen molar-refractivity contribution in [1.82, 2.24) is 0 Å². The standard InChI is InChI=1S/C14H23NO/c1-3-11-6-7-14(9-11,10-15)13(2,16)8-12-4-5-12/h11-12,16H,3-9H2,1-2H3. The highest BCUT2D eigenvalue weighted by molar-refractivity contribution is 5.14. The van der Waals surface area contributed by atoms with Gasteiger partial charge in [0.15, 0.2) is 0 Å². The van der Waals surface area contributed by atoms with Crippen LogP contribution < -0.4 is 0 Å². The third-order valence-electron chi connectivity index (χ3n) is 4.82. The van der Waals surface area contributed by atoms with E-state index in [1.54, 1.807) is 0 Å². The number of hydrogen-bond acceptors (Lipinski definition) is 2. The maximum absolute atomic E-state index is 10.7. The van der Waals surface area contributed by atoms with E-state index in [-0.39, 0.29) is 0 Å². The van der Waals surface area contributed by atoms with Crippen molar-refractivity contribution >= 4 is 0 Å². The lowest BCUT2D eigenvalue weighted by atomic mass is 9.69. The molecule has 0 radical (unpaired) electrons. The summed E-state index contributed by atoms with van der Waals surface area (Å²) >= 11 is 0. The van der Waals surface area contributed by atoms with Gasteiger partial charge in [-0.2, -0.15) is 5.26 Å². The number of nitrogens with zero attached hydrogens (tertiary/aromatic N) is 1. The van der Waals surface area contributed by atoms with Crippen LogP contribution in [0.15, 0.2) is 0 Å². The first-order valence-corrected chi connectivity index (χ1v) is 6.66. The van der Waals surface area contributed by atoms with Crippen molar-refractivity contribution in [3.63, 3.8) is 0 Å². The molecule has 16 heavy (non-hydrogen) atoms. The molecule has 0 aromatic carbocycles. The summed E-state index contributed by atoms with van der Waals surface area (Å²) in [5.41, 5.74) is -1.23. The molecule has 2 nitrogen and oxygen atoms in total. The Kier molecular flexibility index (Phi) is 3.01. The van der Waals surface area contributed by atoms with E-state index in [1.165, 1.54) is 12.8 Å². The first kappa shape index (κ1) is 11.9. The molecule has 2 heteroatoms. The number of nitriles is 1. The van der Waals surface area contributed by atoms with Crippen LogP contribution in [0.5, 0.6) is 0 Å². The van der Waals surface area contributed by atoms with Gasteiger partial charge in [0.25, 0.3) is 0 Å². The van der Waals surface area contributed by atoms with Crippen molar-refractivity contribution in [3.05, 3.63) is 0 Å². The molecule has 0 spiro atoms. The van der Waals surface area contributed by atoms with Crippen LogP contribution in [-0.2, 0) is 0 Å². The number of rotatable bonds is 4. The summed E-state index contributed by atoms with van der Waals surface area (Å²) < 4.78 is 0. The summed E-state index contributed by atoms with van der Waals surface area (Å²) in [6.45, 7) is 4.08. The highest BCUT2D eigenvalue weighted by atomic mass is 16.3. The molecule has 0 aliphatic heterocycles. The van der Waals surface area contributed by atoms with E-state index in [4.69, 9.17) is 0 Å². The van der Waals surface area contributed by atoms with E-state index in [2.05, 4.69) is 13.0 Å². The van der Waals surface area contributed by atoms with E-state index >= 15 is 0 Å². The summed E-state index contributed by atoms with van der Waals surface area (Å²) in [6.07, 6.45) is 7.37. The largest absolute Gasteiger partial charge is 0.389 e. The minimum Gasteiger partial charge on any atom is -0.389 e. The zero-order valence-corrected chi connectivity index (χ0v) is 10.5. The quantitative estimate of drug-likeness (QED) is 0.792. The summed E-state index contributed by atoms with van der Waals surface area (Å²) in [7, 11) is 0. The monoisotopic (exact) mass is 221 g/mol. The predicted molar refractivity (Wildman–Crippen MR) is 63.6 cm³/mol. The first-order chi connectivity index (χ1) is 7.53. The second-order valence-corrected chi connectivity index (χ2v) is 6.13. The van der Waals surface area contributed by atoms with E-state index in [0.717, 1.165) is 32.1 Å². The Bertz CT molecular complexity index is 300. The van der Waals surface area contributed by atoms with Gasteiger partial charge in [0.2, 0.25) is 0 Å². The lowest BCUT2D eigenvalue weighted by Gasteiger charge is -2.38. The Morgan fingerprint density at radius 2 is 2.06 bits per heavy atom. The summed E-state index contributed by atoms with van der Waals surface area (Å²) in [5, 5.41) is 20.2. The van der Waals surface area contributed by atoms with E-state index in [9.17, 15) is 10.4 Å². The zero-order chi connectivity index (χ0) is 11.8. The molecular formula is C14H23NO. The predicted octanol–water partition coefficient (Wildman–Crippen LogP) is 3.26. The maximum Gasteiger partial charge on any atom is 0.0860 e. The summed E-state index contributed by atoms with van der Waals surface area (Å²) in [5.74, 6) is 1.33. The highest BCUT2D eigenvalue weighted by Crippen LogP contribution is 2.53. The molecule has 90 valence electrons. The Morgan fingerprint density at radius 3 is 2.50 bits per heavy atom. The van der Waals surface area contributed by atoms with E-state index in [1.807, 2.05) is 6.92 Å². The van der Waals surface area contributed by atoms with Crippen LogP contribution in [0.2, 0.25) is 0 Å². The van der Waals surface area contributed by atoms with Crippen LogP contribution in [0, 0.1) is 28.6 Å². The summed E-state index contributed by atoms with van der Waals surface area (Å²) in [6, 6.07) is 2.47. The fourth-order valence-electron chi connectivity index (χ4n) is 3.29. The number of hydrogen-bond donors (Lipinski definition) is 1. The second kappa shape index (κ2) is 4.04. The van der Waals surface area contributed by atoms with Gasteiger partial charge in [0.05, 0.1) is 17.1 Å². The van der Waals surface area contributed by atoms with Crippen molar-refractivity contribution in [2.45, 2.75) is 64.4 Å². The number of aliphatic hydroxyl groups is 1. The van der Waals surface area contributed by atoms with Gasteiger partial charge < -0.3 is 5.11 Å². The molecule has 2 saturated carbocycles. The molecule has 0 aromatic heterocycles. The Hall–Kier alpha value is -0.550. The van der Waals surface area contributed by atoms with Crippen LogP contribution in [0.4, 0.5) is 0 Å². The molecular weight excluding hydrogens is 198 g/mol. The molecule has 2 aliphatic rings. The van der Waals surface area contributed by atoms with Crippen LogP contribution in [0.25, 0.3) is 0 Å². The molecule has 2 aliphatic carbocycles. The van der Waals surface area contributed by atoms with E-state index < -0.39 is 11.0 Å².